The molecule has 0 atom stereocenters. The quantitative estimate of drug-likeness (QED) is 0.728. The van der Waals surface area contributed by atoms with Gasteiger partial charge in [0.1, 0.15) is 5.69 Å². The fourth-order valence-electron chi connectivity index (χ4n) is 2.49. The zero-order chi connectivity index (χ0) is 18.7. The van der Waals surface area contributed by atoms with Crippen molar-refractivity contribution in [1.82, 2.24) is 14.8 Å². The second kappa shape index (κ2) is 7.58. The summed E-state index contributed by atoms with van der Waals surface area (Å²) in [7, 11) is 0. The summed E-state index contributed by atoms with van der Waals surface area (Å²) >= 11 is 6.04. The molecule has 7 heteroatoms. The number of halogens is 1. The number of ether oxygens (including phenoxy) is 1. The molecule has 1 aromatic carbocycles. The molecule has 3 rings (SSSR count). The average Bonchev–Trinajstić information content (AvgIpc) is 2.98. The predicted molar refractivity (Wildman–Crippen MR) is 101 cm³/mol. The summed E-state index contributed by atoms with van der Waals surface area (Å²) < 4.78 is 7.31. The first-order valence-corrected chi connectivity index (χ1v) is 8.57. The summed E-state index contributed by atoms with van der Waals surface area (Å²) in [5, 5.41) is 7.76. The molecule has 0 aliphatic carbocycles. The summed E-state index contributed by atoms with van der Waals surface area (Å²) in [4.78, 5) is 16.9. The van der Waals surface area contributed by atoms with E-state index in [-0.39, 0.29) is 12.0 Å². The molecule has 0 bridgehead atoms. The van der Waals surface area contributed by atoms with Gasteiger partial charge >= 0.3 is 0 Å². The molecule has 2 heterocycles. The lowest BCUT2D eigenvalue weighted by atomic mass is 10.2. The number of carbonyl (C=O) groups is 1. The van der Waals surface area contributed by atoms with Crippen molar-refractivity contribution >= 4 is 23.2 Å². The molecule has 0 aliphatic heterocycles. The predicted octanol–water partition coefficient (Wildman–Crippen LogP) is 4.27. The Bertz CT molecular complexity index is 937. The van der Waals surface area contributed by atoms with Crippen molar-refractivity contribution in [1.29, 1.82) is 0 Å². The van der Waals surface area contributed by atoms with Crippen molar-refractivity contribution in [3.05, 3.63) is 65.1 Å². The number of anilines is 1. The highest BCUT2D eigenvalue weighted by atomic mass is 35.5. The van der Waals surface area contributed by atoms with E-state index in [1.165, 1.54) is 6.20 Å². The molecule has 6 nitrogen and oxygen atoms in total. The fraction of sp³-hybridized carbons (Fsp3) is 0.211. The summed E-state index contributed by atoms with van der Waals surface area (Å²) in [5.74, 6) is 0.105. The summed E-state index contributed by atoms with van der Waals surface area (Å²) in [6.45, 7) is 5.64. The number of aromatic nitrogens is 3. The van der Waals surface area contributed by atoms with Crippen LogP contribution in [0.25, 0.3) is 5.69 Å². The second-order valence-corrected chi connectivity index (χ2v) is 6.45. The van der Waals surface area contributed by atoms with Gasteiger partial charge in [0.25, 0.3) is 5.91 Å². The molecular formula is C19H19ClN4O2. The molecule has 0 aliphatic rings. The first kappa shape index (κ1) is 17.9. The van der Waals surface area contributed by atoms with Crippen molar-refractivity contribution < 1.29 is 9.53 Å². The molecule has 3 aromatic rings. The Hall–Kier alpha value is -2.86. The second-order valence-electron chi connectivity index (χ2n) is 6.01. The average molecular weight is 371 g/mol. The van der Waals surface area contributed by atoms with Gasteiger partial charge in [-0.05, 0) is 51.1 Å². The zero-order valence-corrected chi connectivity index (χ0v) is 15.5. The molecule has 1 amide bonds. The Kier molecular flexibility index (Phi) is 5.23. The Morgan fingerprint density at radius 2 is 2.08 bits per heavy atom. The van der Waals surface area contributed by atoms with Crippen molar-refractivity contribution in [2.24, 2.45) is 0 Å². The lowest BCUT2D eigenvalue weighted by Gasteiger charge is -2.13. The Labute approximate surface area is 156 Å². The number of hydrogen-bond donors (Lipinski definition) is 1. The lowest BCUT2D eigenvalue weighted by Crippen LogP contribution is -2.16. The van der Waals surface area contributed by atoms with Crippen LogP contribution in [0.2, 0.25) is 5.02 Å². The van der Waals surface area contributed by atoms with E-state index in [4.69, 9.17) is 16.3 Å². The number of amides is 1. The van der Waals surface area contributed by atoms with E-state index in [1.807, 2.05) is 32.9 Å². The molecule has 0 spiro atoms. The van der Waals surface area contributed by atoms with Crippen LogP contribution in [0.1, 0.15) is 29.9 Å². The van der Waals surface area contributed by atoms with Gasteiger partial charge in [-0.15, -0.1) is 0 Å². The molecular weight excluding hydrogens is 352 g/mol. The van der Waals surface area contributed by atoms with E-state index in [1.54, 1.807) is 35.1 Å². The number of benzene rings is 1. The molecule has 2 aromatic heterocycles. The van der Waals surface area contributed by atoms with Gasteiger partial charge in [0.05, 0.1) is 29.2 Å². The van der Waals surface area contributed by atoms with Gasteiger partial charge < -0.3 is 10.1 Å². The molecule has 0 unspecified atom stereocenters. The van der Waals surface area contributed by atoms with Crippen molar-refractivity contribution in [2.75, 3.05) is 5.32 Å². The zero-order valence-electron chi connectivity index (χ0n) is 14.7. The van der Waals surface area contributed by atoms with E-state index >= 15 is 0 Å². The summed E-state index contributed by atoms with van der Waals surface area (Å²) in [6.07, 6.45) is 3.11. The number of carbonyl (C=O) groups excluding carboxylic acids is 1. The van der Waals surface area contributed by atoms with E-state index in [0.717, 1.165) is 5.69 Å². The highest BCUT2D eigenvalue weighted by Gasteiger charge is 2.17. The summed E-state index contributed by atoms with van der Waals surface area (Å²) in [6, 6.07) is 10.8. The van der Waals surface area contributed by atoms with Gasteiger partial charge in [-0.3, -0.25) is 4.79 Å². The first-order chi connectivity index (χ1) is 12.5. The van der Waals surface area contributed by atoms with Gasteiger partial charge in [0, 0.05) is 11.2 Å². The number of pyridine rings is 1. The highest BCUT2D eigenvalue weighted by Crippen LogP contribution is 2.24. The van der Waals surface area contributed by atoms with Crippen LogP contribution in [-0.4, -0.2) is 26.8 Å². The Morgan fingerprint density at radius 3 is 2.81 bits per heavy atom. The van der Waals surface area contributed by atoms with E-state index in [2.05, 4.69) is 15.4 Å². The largest absolute Gasteiger partial charge is 0.473 e. The molecule has 1 N–H and O–H groups in total. The van der Waals surface area contributed by atoms with Crippen molar-refractivity contribution in [2.45, 2.75) is 26.9 Å². The third-order valence-electron chi connectivity index (χ3n) is 3.67. The molecule has 0 fully saturated rings. The van der Waals surface area contributed by atoms with Gasteiger partial charge in [-0.2, -0.15) is 5.10 Å². The number of nitrogens with zero attached hydrogens (tertiary/aromatic N) is 3. The number of rotatable bonds is 5. The monoisotopic (exact) mass is 370 g/mol. The summed E-state index contributed by atoms with van der Waals surface area (Å²) in [5.41, 5.74) is 2.48. The minimum Gasteiger partial charge on any atom is -0.473 e. The SMILES string of the molecule is Cc1c(C(=O)Nc2cccnc2OC(C)C)cnn1-c1cccc(Cl)c1. The fourth-order valence-corrected chi connectivity index (χ4v) is 2.68. The van der Waals surface area contributed by atoms with Crippen LogP contribution in [0.3, 0.4) is 0 Å². The van der Waals surface area contributed by atoms with Crippen LogP contribution < -0.4 is 10.1 Å². The maximum Gasteiger partial charge on any atom is 0.259 e. The molecule has 0 saturated carbocycles. The van der Waals surface area contributed by atoms with Crippen LogP contribution in [0.4, 0.5) is 5.69 Å². The van der Waals surface area contributed by atoms with Crippen LogP contribution in [0.5, 0.6) is 5.88 Å². The smallest absolute Gasteiger partial charge is 0.259 e. The maximum absolute atomic E-state index is 12.7. The molecule has 0 saturated heterocycles. The molecule has 26 heavy (non-hydrogen) atoms. The van der Waals surface area contributed by atoms with Gasteiger partial charge in [0.15, 0.2) is 0 Å². The molecule has 134 valence electrons. The Morgan fingerprint density at radius 1 is 1.27 bits per heavy atom. The normalized spacial score (nSPS) is 10.8. The minimum atomic E-state index is -0.280. The van der Waals surface area contributed by atoms with E-state index in [0.29, 0.717) is 27.8 Å². The van der Waals surface area contributed by atoms with Gasteiger partial charge in [-0.25, -0.2) is 9.67 Å². The van der Waals surface area contributed by atoms with Gasteiger partial charge in [-0.1, -0.05) is 17.7 Å². The van der Waals surface area contributed by atoms with Gasteiger partial charge in [0.2, 0.25) is 5.88 Å². The van der Waals surface area contributed by atoms with Crippen LogP contribution in [0.15, 0.2) is 48.8 Å². The van der Waals surface area contributed by atoms with Crippen molar-refractivity contribution in [3.63, 3.8) is 0 Å². The number of hydrogen-bond acceptors (Lipinski definition) is 4. The van der Waals surface area contributed by atoms with E-state index < -0.39 is 0 Å². The van der Waals surface area contributed by atoms with Crippen LogP contribution in [-0.2, 0) is 0 Å². The minimum absolute atomic E-state index is 0.0483. The molecule has 0 radical (unpaired) electrons. The van der Waals surface area contributed by atoms with Crippen LogP contribution >= 0.6 is 11.6 Å². The van der Waals surface area contributed by atoms with Crippen LogP contribution in [0, 0.1) is 6.92 Å². The first-order valence-electron chi connectivity index (χ1n) is 8.19. The standard InChI is InChI=1S/C19H19ClN4O2/c1-12(2)26-19-17(8-5-9-21-19)23-18(25)16-11-22-24(13(16)3)15-7-4-6-14(20)10-15/h4-12H,1-3H3,(H,23,25). The lowest BCUT2D eigenvalue weighted by molar-refractivity contribution is 0.102. The topological polar surface area (TPSA) is 69.0 Å². The third-order valence-corrected chi connectivity index (χ3v) is 3.91. The maximum atomic E-state index is 12.7. The third kappa shape index (κ3) is 3.86. The Balaban J connectivity index is 1.86. The number of nitrogens with one attached hydrogen (secondary N) is 1. The van der Waals surface area contributed by atoms with Crippen molar-refractivity contribution in [3.8, 4) is 11.6 Å². The van der Waals surface area contributed by atoms with E-state index in [9.17, 15) is 4.79 Å². The highest BCUT2D eigenvalue weighted by molar-refractivity contribution is 6.30.